The van der Waals surface area contributed by atoms with E-state index < -0.39 is 18.0 Å². The van der Waals surface area contributed by atoms with E-state index in [-0.39, 0.29) is 6.04 Å². The molecule has 3 N–H and O–H groups in total. The first-order valence-corrected chi connectivity index (χ1v) is 5.81. The Hall–Kier alpha value is -1.70. The van der Waals surface area contributed by atoms with Crippen molar-refractivity contribution in [3.05, 3.63) is 0 Å². The lowest BCUT2D eigenvalue weighted by molar-refractivity contribution is -0.139. The lowest BCUT2D eigenvalue weighted by Gasteiger charge is -2.17. The van der Waals surface area contributed by atoms with Crippen molar-refractivity contribution >= 4 is 12.0 Å². The summed E-state index contributed by atoms with van der Waals surface area (Å²) in [6.07, 6.45) is 7.86. The minimum absolute atomic E-state index is 0.351. The number of carbonyl (C=O) groups excluding carboxylic acids is 1. The number of amides is 2. The Morgan fingerprint density at radius 1 is 1.24 bits per heavy atom. The zero-order valence-corrected chi connectivity index (χ0v) is 10.3. The molecule has 0 radical (unpaired) electrons. The Labute approximate surface area is 102 Å². The van der Waals surface area contributed by atoms with Gasteiger partial charge in [0.1, 0.15) is 6.04 Å². The maximum Gasteiger partial charge on any atom is 0.326 e. The largest absolute Gasteiger partial charge is 0.480 e. The van der Waals surface area contributed by atoms with Gasteiger partial charge in [-0.3, -0.25) is 0 Å². The van der Waals surface area contributed by atoms with Crippen LogP contribution in [0.25, 0.3) is 0 Å². The topological polar surface area (TPSA) is 78.4 Å². The molecule has 2 atom stereocenters. The first-order chi connectivity index (χ1) is 8.04. The smallest absolute Gasteiger partial charge is 0.326 e. The van der Waals surface area contributed by atoms with Gasteiger partial charge >= 0.3 is 12.0 Å². The zero-order chi connectivity index (χ0) is 13.3. The predicted octanol–water partition coefficient (Wildman–Crippen LogP) is 1.34. The van der Waals surface area contributed by atoms with Crippen molar-refractivity contribution in [1.29, 1.82) is 0 Å². The molecule has 17 heavy (non-hydrogen) atoms. The number of rotatable bonds is 7. The van der Waals surface area contributed by atoms with Gasteiger partial charge in [0.15, 0.2) is 0 Å². The molecule has 5 heteroatoms. The van der Waals surface area contributed by atoms with Gasteiger partial charge in [0.2, 0.25) is 0 Å². The third kappa shape index (κ3) is 6.46. The number of carboxylic acid groups (broad SMARTS) is 1. The summed E-state index contributed by atoms with van der Waals surface area (Å²) < 4.78 is 0. The molecule has 1 unspecified atom stereocenters. The Kier molecular flexibility index (Phi) is 7.61. The maximum atomic E-state index is 11.5. The Morgan fingerprint density at radius 3 is 2.24 bits per heavy atom. The molecule has 0 rings (SSSR count). The van der Waals surface area contributed by atoms with Gasteiger partial charge in [0.25, 0.3) is 0 Å². The summed E-state index contributed by atoms with van der Waals surface area (Å²) in [4.78, 5) is 22.3. The van der Waals surface area contributed by atoms with E-state index in [0.29, 0.717) is 19.3 Å². The highest BCUT2D eigenvalue weighted by Crippen LogP contribution is 1.98. The summed E-state index contributed by atoms with van der Waals surface area (Å²) in [5.41, 5.74) is 0. The molecular formula is C12H20N2O3. The molecule has 0 aliphatic heterocycles. The lowest BCUT2D eigenvalue weighted by atomic mass is 10.1. The van der Waals surface area contributed by atoms with E-state index in [0.717, 1.165) is 6.42 Å². The Balaban J connectivity index is 4.22. The molecule has 0 fully saturated rings. The molecule has 96 valence electrons. The number of urea groups is 1. The third-order valence-electron chi connectivity index (χ3n) is 2.26. The number of hydrogen-bond donors (Lipinski definition) is 3. The standard InChI is InChI=1S/C12H20N2O3/c1-4-7-9(6-3)13-12(17)14-10(8-5-2)11(15)16/h3,9-10H,4-5,7-8H2,1-2H3,(H,15,16)(H2,13,14,17)/t9?,10-/m1/s1. The van der Waals surface area contributed by atoms with Crippen molar-refractivity contribution in [1.82, 2.24) is 10.6 Å². The van der Waals surface area contributed by atoms with Crippen molar-refractivity contribution in [2.45, 2.75) is 51.6 Å². The number of hydrogen-bond acceptors (Lipinski definition) is 2. The van der Waals surface area contributed by atoms with E-state index in [1.165, 1.54) is 0 Å². The minimum atomic E-state index is -1.03. The van der Waals surface area contributed by atoms with Crippen molar-refractivity contribution in [3.8, 4) is 12.3 Å². The van der Waals surface area contributed by atoms with Crippen molar-refractivity contribution < 1.29 is 14.7 Å². The Morgan fingerprint density at radius 2 is 1.82 bits per heavy atom. The van der Waals surface area contributed by atoms with E-state index >= 15 is 0 Å². The van der Waals surface area contributed by atoms with Gasteiger partial charge in [-0.15, -0.1) is 6.42 Å². The second kappa shape index (κ2) is 8.45. The summed E-state index contributed by atoms with van der Waals surface area (Å²) in [6.45, 7) is 3.82. The SMILES string of the molecule is C#CC(CCC)NC(=O)N[C@H](CCC)C(=O)O. The van der Waals surface area contributed by atoms with Crippen LogP contribution in [0.2, 0.25) is 0 Å². The summed E-state index contributed by atoms with van der Waals surface area (Å²) in [6, 6.07) is -1.74. The van der Waals surface area contributed by atoms with E-state index in [9.17, 15) is 9.59 Å². The molecule has 0 aliphatic rings. The molecule has 0 aromatic rings. The average molecular weight is 240 g/mol. The van der Waals surface area contributed by atoms with Crippen molar-refractivity contribution in [2.75, 3.05) is 0 Å². The second-order valence-electron chi connectivity index (χ2n) is 3.81. The highest BCUT2D eigenvalue weighted by atomic mass is 16.4. The van der Waals surface area contributed by atoms with Crippen LogP contribution < -0.4 is 10.6 Å². The molecular weight excluding hydrogens is 220 g/mol. The quantitative estimate of drug-likeness (QED) is 0.588. The maximum absolute atomic E-state index is 11.5. The fraction of sp³-hybridized carbons (Fsp3) is 0.667. The summed E-state index contributed by atoms with van der Waals surface area (Å²) in [7, 11) is 0. The number of carboxylic acids is 1. The first kappa shape index (κ1) is 15.3. The second-order valence-corrected chi connectivity index (χ2v) is 3.81. The summed E-state index contributed by atoms with van der Waals surface area (Å²) in [5, 5.41) is 13.8. The number of carbonyl (C=O) groups is 2. The van der Waals surface area contributed by atoms with Crippen LogP contribution in [0.4, 0.5) is 4.79 Å². The number of terminal acetylenes is 1. The summed E-state index contributed by atoms with van der Waals surface area (Å²) in [5.74, 6) is 1.42. The van der Waals surface area contributed by atoms with Crippen LogP contribution in [0.1, 0.15) is 39.5 Å². The van der Waals surface area contributed by atoms with Crippen LogP contribution in [-0.4, -0.2) is 29.2 Å². The summed E-state index contributed by atoms with van der Waals surface area (Å²) >= 11 is 0. The van der Waals surface area contributed by atoms with E-state index in [4.69, 9.17) is 11.5 Å². The van der Waals surface area contributed by atoms with Gasteiger partial charge in [-0.2, -0.15) is 0 Å². The Bertz CT molecular complexity index is 297. The van der Waals surface area contributed by atoms with Crippen LogP contribution in [0.3, 0.4) is 0 Å². The first-order valence-electron chi connectivity index (χ1n) is 5.81. The van der Waals surface area contributed by atoms with Crippen LogP contribution in [0, 0.1) is 12.3 Å². The highest BCUT2D eigenvalue weighted by molar-refractivity contribution is 5.82. The molecule has 0 aromatic heterocycles. The van der Waals surface area contributed by atoms with E-state index in [1.807, 2.05) is 13.8 Å². The molecule has 0 aromatic carbocycles. The predicted molar refractivity (Wildman–Crippen MR) is 65.5 cm³/mol. The van der Waals surface area contributed by atoms with Crippen molar-refractivity contribution in [2.24, 2.45) is 0 Å². The zero-order valence-electron chi connectivity index (χ0n) is 10.3. The third-order valence-corrected chi connectivity index (χ3v) is 2.26. The van der Waals surface area contributed by atoms with Gasteiger partial charge in [-0.05, 0) is 12.8 Å². The monoisotopic (exact) mass is 240 g/mol. The van der Waals surface area contributed by atoms with Gasteiger partial charge in [0.05, 0.1) is 6.04 Å². The van der Waals surface area contributed by atoms with Crippen LogP contribution in [0.15, 0.2) is 0 Å². The van der Waals surface area contributed by atoms with Crippen LogP contribution in [0.5, 0.6) is 0 Å². The molecule has 0 spiro atoms. The molecule has 0 saturated carbocycles. The number of nitrogens with one attached hydrogen (secondary N) is 2. The highest BCUT2D eigenvalue weighted by Gasteiger charge is 2.19. The minimum Gasteiger partial charge on any atom is -0.480 e. The van der Waals surface area contributed by atoms with Crippen LogP contribution >= 0.6 is 0 Å². The molecule has 0 heterocycles. The normalized spacial score (nSPS) is 13.2. The lowest BCUT2D eigenvalue weighted by Crippen LogP contribution is -2.48. The fourth-order valence-corrected chi connectivity index (χ4v) is 1.39. The molecule has 0 bridgehead atoms. The number of aliphatic carboxylic acids is 1. The van der Waals surface area contributed by atoms with E-state index in [1.54, 1.807) is 0 Å². The molecule has 2 amide bonds. The van der Waals surface area contributed by atoms with Gasteiger partial charge < -0.3 is 15.7 Å². The molecule has 0 aliphatic carbocycles. The van der Waals surface area contributed by atoms with Crippen LogP contribution in [-0.2, 0) is 4.79 Å². The van der Waals surface area contributed by atoms with Crippen molar-refractivity contribution in [3.63, 3.8) is 0 Å². The van der Waals surface area contributed by atoms with E-state index in [2.05, 4.69) is 16.6 Å². The average Bonchev–Trinajstić information content (AvgIpc) is 2.27. The van der Waals surface area contributed by atoms with Gasteiger partial charge in [0, 0.05) is 0 Å². The van der Waals surface area contributed by atoms with Gasteiger partial charge in [-0.25, -0.2) is 9.59 Å². The molecule has 5 nitrogen and oxygen atoms in total. The fourth-order valence-electron chi connectivity index (χ4n) is 1.39. The van der Waals surface area contributed by atoms with Gasteiger partial charge in [-0.1, -0.05) is 32.6 Å². The molecule has 0 saturated heterocycles.